The molecule has 2 N–H and O–H groups in total. The zero-order valence-corrected chi connectivity index (χ0v) is 17.0. The lowest BCUT2D eigenvalue weighted by Crippen LogP contribution is -2.42. The molecule has 1 aliphatic heterocycles. The van der Waals surface area contributed by atoms with Crippen LogP contribution in [0.3, 0.4) is 0 Å². The molecule has 1 amide bonds. The number of rotatable bonds is 6. The minimum atomic E-state index is -0.314. The van der Waals surface area contributed by atoms with Crippen LogP contribution in [0.2, 0.25) is 0 Å². The molecule has 1 aliphatic rings. The largest absolute Gasteiger partial charge is 0.480 e. The number of para-hydroxylation sites is 1. The van der Waals surface area contributed by atoms with E-state index in [0.29, 0.717) is 23.8 Å². The van der Waals surface area contributed by atoms with Crippen LogP contribution in [0.25, 0.3) is 11.0 Å². The van der Waals surface area contributed by atoms with Crippen molar-refractivity contribution in [2.75, 3.05) is 35.7 Å². The molecule has 0 radical (unpaired) electrons. The van der Waals surface area contributed by atoms with Crippen LogP contribution < -0.4 is 20.3 Å². The third-order valence-corrected chi connectivity index (χ3v) is 5.04. The average Bonchev–Trinajstić information content (AvgIpc) is 3.24. The highest BCUT2D eigenvalue weighted by molar-refractivity contribution is 6.06. The Morgan fingerprint density at radius 3 is 3.13 bits per heavy atom. The SMILES string of the molecule is C=CC(=O)Nc1cccc2c(N3CCC[C@@H](Nc4ncc(C#N)c(OC)n4)C3)noc12. The highest BCUT2D eigenvalue weighted by atomic mass is 16.5. The minimum Gasteiger partial charge on any atom is -0.480 e. The lowest BCUT2D eigenvalue weighted by Gasteiger charge is -2.33. The summed E-state index contributed by atoms with van der Waals surface area (Å²) in [5, 5.41) is 20.2. The molecular formula is C21H21N7O3. The van der Waals surface area contributed by atoms with Crippen LogP contribution in [-0.2, 0) is 4.79 Å². The molecule has 0 saturated carbocycles. The van der Waals surface area contributed by atoms with Crippen LogP contribution in [-0.4, -0.2) is 47.3 Å². The number of nitrogens with one attached hydrogen (secondary N) is 2. The van der Waals surface area contributed by atoms with Gasteiger partial charge in [-0.25, -0.2) is 4.98 Å². The quantitative estimate of drug-likeness (QED) is 0.579. The zero-order valence-electron chi connectivity index (χ0n) is 17.0. The van der Waals surface area contributed by atoms with Crippen LogP contribution in [0.1, 0.15) is 18.4 Å². The summed E-state index contributed by atoms with van der Waals surface area (Å²) in [7, 11) is 1.47. The Morgan fingerprint density at radius 1 is 1.48 bits per heavy atom. The molecule has 0 unspecified atom stereocenters. The van der Waals surface area contributed by atoms with Crippen LogP contribution in [0, 0.1) is 11.3 Å². The van der Waals surface area contributed by atoms with Crippen molar-refractivity contribution in [2.24, 2.45) is 0 Å². The fourth-order valence-corrected chi connectivity index (χ4v) is 3.60. The summed E-state index contributed by atoms with van der Waals surface area (Å²) in [5.74, 6) is 1.05. The molecule has 2 aromatic heterocycles. The summed E-state index contributed by atoms with van der Waals surface area (Å²) in [4.78, 5) is 22.3. The molecule has 1 aromatic carbocycles. The summed E-state index contributed by atoms with van der Waals surface area (Å²) in [6.07, 6.45) is 4.52. The highest BCUT2D eigenvalue weighted by Gasteiger charge is 2.25. The number of carbonyl (C=O) groups is 1. The van der Waals surface area contributed by atoms with Crippen molar-refractivity contribution in [2.45, 2.75) is 18.9 Å². The van der Waals surface area contributed by atoms with Gasteiger partial charge in [-0.2, -0.15) is 10.2 Å². The number of methoxy groups -OCH3 is 1. The molecule has 0 spiro atoms. The van der Waals surface area contributed by atoms with Crippen molar-refractivity contribution in [1.82, 2.24) is 15.1 Å². The predicted octanol–water partition coefficient (Wildman–Crippen LogP) is 2.70. The number of piperidine rings is 1. The molecule has 0 aliphatic carbocycles. The van der Waals surface area contributed by atoms with E-state index in [9.17, 15) is 4.79 Å². The molecule has 3 heterocycles. The van der Waals surface area contributed by atoms with Gasteiger partial charge in [-0.1, -0.05) is 17.8 Å². The number of hydrogen-bond acceptors (Lipinski definition) is 9. The van der Waals surface area contributed by atoms with E-state index in [4.69, 9.17) is 14.5 Å². The number of ether oxygens (including phenoxy) is 1. The van der Waals surface area contributed by atoms with Gasteiger partial charge in [0.15, 0.2) is 11.4 Å². The first-order chi connectivity index (χ1) is 15.1. The van der Waals surface area contributed by atoms with Crippen LogP contribution >= 0.6 is 0 Å². The number of fused-ring (bicyclic) bond motifs is 1. The maximum atomic E-state index is 11.7. The average molecular weight is 419 g/mol. The summed E-state index contributed by atoms with van der Waals surface area (Å²) in [6.45, 7) is 4.95. The lowest BCUT2D eigenvalue weighted by molar-refractivity contribution is -0.111. The highest BCUT2D eigenvalue weighted by Crippen LogP contribution is 2.33. The van der Waals surface area contributed by atoms with Crippen molar-refractivity contribution in [3.05, 3.63) is 42.6 Å². The molecule has 158 valence electrons. The number of nitrogens with zero attached hydrogens (tertiary/aromatic N) is 5. The Hall–Kier alpha value is -4.13. The molecule has 1 saturated heterocycles. The molecule has 10 nitrogen and oxygen atoms in total. The Bertz CT molecular complexity index is 1170. The van der Waals surface area contributed by atoms with Crippen molar-refractivity contribution < 1.29 is 14.1 Å². The summed E-state index contributed by atoms with van der Waals surface area (Å²) < 4.78 is 10.7. The summed E-state index contributed by atoms with van der Waals surface area (Å²) >= 11 is 0. The summed E-state index contributed by atoms with van der Waals surface area (Å²) in [5.41, 5.74) is 1.35. The van der Waals surface area contributed by atoms with Crippen molar-refractivity contribution in [3.63, 3.8) is 0 Å². The minimum absolute atomic E-state index is 0.0711. The van der Waals surface area contributed by atoms with E-state index >= 15 is 0 Å². The first kappa shape index (κ1) is 20.2. The normalized spacial score (nSPS) is 15.9. The van der Waals surface area contributed by atoms with Gasteiger partial charge in [0.2, 0.25) is 17.7 Å². The molecule has 3 aromatic rings. The number of hydrogen-bond donors (Lipinski definition) is 2. The fourth-order valence-electron chi connectivity index (χ4n) is 3.60. The van der Waals surface area contributed by atoms with Gasteiger partial charge in [0.25, 0.3) is 0 Å². The number of amides is 1. The molecule has 0 bridgehead atoms. The molecule has 10 heteroatoms. The zero-order chi connectivity index (χ0) is 21.8. The van der Waals surface area contributed by atoms with Gasteiger partial charge in [0.1, 0.15) is 11.6 Å². The predicted molar refractivity (Wildman–Crippen MR) is 115 cm³/mol. The van der Waals surface area contributed by atoms with Gasteiger partial charge in [0, 0.05) is 19.1 Å². The molecule has 1 atom stereocenters. The number of anilines is 3. The second-order valence-electron chi connectivity index (χ2n) is 7.04. The van der Waals surface area contributed by atoms with Gasteiger partial charge in [0.05, 0.1) is 24.4 Å². The van der Waals surface area contributed by atoms with Crippen LogP contribution in [0.5, 0.6) is 5.88 Å². The van der Waals surface area contributed by atoms with Gasteiger partial charge in [-0.05, 0) is 31.1 Å². The van der Waals surface area contributed by atoms with E-state index in [1.54, 1.807) is 6.07 Å². The van der Waals surface area contributed by atoms with Crippen molar-refractivity contribution >= 4 is 34.3 Å². The number of carbonyl (C=O) groups excluding carboxylic acids is 1. The smallest absolute Gasteiger partial charge is 0.247 e. The summed E-state index contributed by atoms with van der Waals surface area (Å²) in [6, 6.07) is 7.59. The molecule has 1 fully saturated rings. The Labute approximate surface area is 178 Å². The topological polar surface area (TPSA) is 129 Å². The monoisotopic (exact) mass is 419 g/mol. The van der Waals surface area contributed by atoms with E-state index < -0.39 is 0 Å². The first-order valence-electron chi connectivity index (χ1n) is 9.77. The Kier molecular flexibility index (Phi) is 5.66. The number of aromatic nitrogens is 3. The van der Waals surface area contributed by atoms with E-state index in [2.05, 4.69) is 37.2 Å². The second-order valence-corrected chi connectivity index (χ2v) is 7.04. The van der Waals surface area contributed by atoms with Crippen molar-refractivity contribution in [1.29, 1.82) is 5.26 Å². The third-order valence-electron chi connectivity index (χ3n) is 5.04. The first-order valence-corrected chi connectivity index (χ1v) is 9.77. The van der Waals surface area contributed by atoms with Gasteiger partial charge in [-0.15, -0.1) is 0 Å². The van der Waals surface area contributed by atoms with E-state index in [-0.39, 0.29) is 23.4 Å². The van der Waals surface area contributed by atoms with E-state index in [1.807, 2.05) is 18.2 Å². The number of nitriles is 1. The van der Waals surface area contributed by atoms with Crippen LogP contribution in [0.15, 0.2) is 41.6 Å². The Morgan fingerprint density at radius 2 is 2.35 bits per heavy atom. The second kappa shape index (κ2) is 8.71. The molecule has 31 heavy (non-hydrogen) atoms. The van der Waals surface area contributed by atoms with Crippen LogP contribution in [0.4, 0.5) is 17.5 Å². The van der Waals surface area contributed by atoms with E-state index in [1.165, 1.54) is 19.4 Å². The number of benzene rings is 1. The molecule has 4 rings (SSSR count). The maximum absolute atomic E-state index is 11.7. The van der Waals surface area contributed by atoms with Gasteiger partial charge >= 0.3 is 0 Å². The molecular weight excluding hydrogens is 398 g/mol. The van der Waals surface area contributed by atoms with Gasteiger partial charge in [-0.3, -0.25) is 4.79 Å². The lowest BCUT2D eigenvalue weighted by atomic mass is 10.1. The van der Waals surface area contributed by atoms with Gasteiger partial charge < -0.3 is 24.8 Å². The van der Waals surface area contributed by atoms with E-state index in [0.717, 1.165) is 30.6 Å². The maximum Gasteiger partial charge on any atom is 0.247 e. The Balaban J connectivity index is 1.53. The van der Waals surface area contributed by atoms with Crippen molar-refractivity contribution in [3.8, 4) is 11.9 Å². The fraction of sp³-hybridized carbons (Fsp3) is 0.286. The standard InChI is InChI=1S/C21H21N7O3/c1-3-17(29)25-16-8-4-7-15-18(16)31-27-19(15)28-9-5-6-14(12-28)24-21-23-11-13(10-22)20(26-21)30-2/h3-4,7-8,11,14H,1,5-6,9,12H2,2H3,(H,25,29)(H,23,24,26)/t14-/m1/s1. The third kappa shape index (κ3) is 4.11.